The highest BCUT2D eigenvalue weighted by molar-refractivity contribution is 8.14. The van der Waals surface area contributed by atoms with Gasteiger partial charge in [-0.15, -0.1) is 0 Å². The summed E-state index contributed by atoms with van der Waals surface area (Å²) in [5.74, 6) is 2.45. The zero-order valence-electron chi connectivity index (χ0n) is 8.12. The monoisotopic (exact) mass is 216 g/mol. The summed E-state index contributed by atoms with van der Waals surface area (Å²) in [4.78, 5) is 4.75. The molecule has 0 spiro atoms. The molecule has 0 aliphatic carbocycles. The lowest BCUT2D eigenvalue weighted by Gasteiger charge is -2.10. The number of nitrogens with one attached hydrogen (secondary N) is 1. The van der Waals surface area contributed by atoms with Crippen LogP contribution in [-0.2, 0) is 0 Å². The fraction of sp³-hybridized carbons (Fsp3) is 0.889. The summed E-state index contributed by atoms with van der Waals surface area (Å²) in [6, 6.07) is 1.17. The average Bonchev–Trinajstić information content (AvgIpc) is 2.64. The van der Waals surface area contributed by atoms with Gasteiger partial charge in [-0.3, -0.25) is 4.99 Å². The highest BCUT2D eigenvalue weighted by Gasteiger charge is 2.25. The molecule has 3 unspecified atom stereocenters. The summed E-state index contributed by atoms with van der Waals surface area (Å²) < 4.78 is 0. The molecule has 2 aliphatic heterocycles. The summed E-state index contributed by atoms with van der Waals surface area (Å²) in [6.45, 7) is 4.50. The second-order valence-corrected chi connectivity index (χ2v) is 6.22. The molecule has 3 atom stereocenters. The molecule has 0 aromatic rings. The molecule has 1 N–H and O–H groups in total. The smallest absolute Gasteiger partial charge is 0.157 e. The summed E-state index contributed by atoms with van der Waals surface area (Å²) in [7, 11) is 0. The highest BCUT2D eigenvalue weighted by atomic mass is 32.2. The van der Waals surface area contributed by atoms with Gasteiger partial charge >= 0.3 is 0 Å². The minimum Gasteiger partial charge on any atom is -0.362 e. The predicted molar refractivity (Wildman–Crippen MR) is 62.8 cm³/mol. The Bertz CT molecular complexity index is 218. The van der Waals surface area contributed by atoms with Crippen LogP contribution in [0.25, 0.3) is 0 Å². The quantitative estimate of drug-likeness (QED) is 0.725. The topological polar surface area (TPSA) is 24.4 Å². The second-order valence-electron chi connectivity index (χ2n) is 3.72. The molecule has 2 heterocycles. The fourth-order valence-electron chi connectivity index (χ4n) is 1.61. The van der Waals surface area contributed by atoms with Crippen molar-refractivity contribution in [3.8, 4) is 0 Å². The van der Waals surface area contributed by atoms with Crippen molar-refractivity contribution < 1.29 is 0 Å². The molecular formula is C9H16N2S2. The third-order valence-corrected chi connectivity index (χ3v) is 4.93. The van der Waals surface area contributed by atoms with Crippen LogP contribution in [0.4, 0.5) is 0 Å². The first-order valence-corrected chi connectivity index (χ1v) is 6.88. The van der Waals surface area contributed by atoms with Crippen LogP contribution in [0.15, 0.2) is 4.99 Å². The Hall–Kier alpha value is 0.170. The Morgan fingerprint density at radius 3 is 2.85 bits per heavy atom. The largest absolute Gasteiger partial charge is 0.362 e. The van der Waals surface area contributed by atoms with Gasteiger partial charge in [-0.05, 0) is 19.1 Å². The summed E-state index contributed by atoms with van der Waals surface area (Å²) in [6.07, 6.45) is 1.26. The van der Waals surface area contributed by atoms with Crippen LogP contribution >= 0.6 is 23.5 Å². The van der Waals surface area contributed by atoms with E-state index in [4.69, 9.17) is 4.99 Å². The lowest BCUT2D eigenvalue weighted by molar-refractivity contribution is 0.672. The first-order chi connectivity index (χ1) is 6.25. The van der Waals surface area contributed by atoms with E-state index in [2.05, 4.69) is 19.2 Å². The Balaban J connectivity index is 1.95. The first kappa shape index (κ1) is 9.71. The van der Waals surface area contributed by atoms with Gasteiger partial charge in [-0.25, -0.2) is 0 Å². The fourth-order valence-corrected chi connectivity index (χ4v) is 3.77. The van der Waals surface area contributed by atoms with Crippen molar-refractivity contribution in [3.63, 3.8) is 0 Å². The van der Waals surface area contributed by atoms with Crippen LogP contribution in [0.2, 0.25) is 0 Å². The van der Waals surface area contributed by atoms with E-state index in [1.54, 1.807) is 0 Å². The summed E-state index contributed by atoms with van der Waals surface area (Å²) in [5, 5.41) is 5.29. The molecule has 74 valence electrons. The average molecular weight is 216 g/mol. The molecule has 13 heavy (non-hydrogen) atoms. The van der Waals surface area contributed by atoms with E-state index in [-0.39, 0.29) is 0 Å². The Kier molecular flexibility index (Phi) is 3.09. The number of nitrogens with zero attached hydrogens (tertiary/aromatic N) is 1. The molecule has 0 radical (unpaired) electrons. The highest BCUT2D eigenvalue weighted by Crippen LogP contribution is 2.29. The van der Waals surface area contributed by atoms with Crippen molar-refractivity contribution in [1.82, 2.24) is 5.32 Å². The first-order valence-electron chi connectivity index (χ1n) is 4.84. The minimum atomic E-state index is 0.560. The van der Waals surface area contributed by atoms with Crippen LogP contribution in [-0.4, -0.2) is 34.0 Å². The van der Waals surface area contributed by atoms with Gasteiger partial charge in [0.15, 0.2) is 5.17 Å². The van der Waals surface area contributed by atoms with Gasteiger partial charge in [0.2, 0.25) is 0 Å². The maximum absolute atomic E-state index is 4.75. The van der Waals surface area contributed by atoms with E-state index in [1.807, 2.05) is 23.5 Å². The normalized spacial score (nSPS) is 42.6. The minimum absolute atomic E-state index is 0.560. The summed E-state index contributed by atoms with van der Waals surface area (Å²) in [5.41, 5.74) is 0. The summed E-state index contributed by atoms with van der Waals surface area (Å²) >= 11 is 3.91. The standard InChI is InChI=1S/C9H16N2S2/c1-6-5-13-9(10-6)11-8-3-4-12-7(8)2/h6-8H,3-5H2,1-2H3,(H,10,11). The van der Waals surface area contributed by atoms with E-state index >= 15 is 0 Å². The van der Waals surface area contributed by atoms with E-state index in [0.717, 1.165) is 0 Å². The lowest BCUT2D eigenvalue weighted by Crippen LogP contribution is -2.25. The number of hydrogen-bond acceptors (Lipinski definition) is 3. The Morgan fingerprint density at radius 2 is 2.31 bits per heavy atom. The molecular weight excluding hydrogens is 200 g/mol. The van der Waals surface area contributed by atoms with Crippen molar-refractivity contribution in [3.05, 3.63) is 0 Å². The maximum Gasteiger partial charge on any atom is 0.157 e. The zero-order chi connectivity index (χ0) is 9.26. The molecule has 2 rings (SSSR count). The number of hydrogen-bond donors (Lipinski definition) is 1. The van der Waals surface area contributed by atoms with Gasteiger partial charge in [0, 0.05) is 17.0 Å². The van der Waals surface area contributed by atoms with E-state index in [9.17, 15) is 0 Å². The molecule has 0 amide bonds. The van der Waals surface area contributed by atoms with Gasteiger partial charge in [0.1, 0.15) is 0 Å². The molecule has 2 nitrogen and oxygen atoms in total. The molecule has 4 heteroatoms. The van der Waals surface area contributed by atoms with Gasteiger partial charge in [-0.2, -0.15) is 11.8 Å². The predicted octanol–water partition coefficient (Wildman–Crippen LogP) is 1.96. The third-order valence-electron chi connectivity index (χ3n) is 2.46. The molecule has 2 aliphatic rings. The maximum atomic E-state index is 4.75. The van der Waals surface area contributed by atoms with E-state index in [1.165, 1.54) is 23.1 Å². The van der Waals surface area contributed by atoms with Crippen molar-refractivity contribution in [1.29, 1.82) is 0 Å². The van der Waals surface area contributed by atoms with Gasteiger partial charge in [-0.1, -0.05) is 18.7 Å². The lowest BCUT2D eigenvalue weighted by atomic mass is 10.2. The van der Waals surface area contributed by atoms with Crippen LogP contribution in [0, 0.1) is 0 Å². The van der Waals surface area contributed by atoms with Crippen molar-refractivity contribution in [2.45, 2.75) is 37.6 Å². The Morgan fingerprint density at radius 1 is 1.46 bits per heavy atom. The van der Waals surface area contributed by atoms with Crippen LogP contribution in [0.1, 0.15) is 20.3 Å². The van der Waals surface area contributed by atoms with Crippen LogP contribution < -0.4 is 5.32 Å². The SMILES string of the molecule is CC1CSC(=NC2CCSC2C)N1. The van der Waals surface area contributed by atoms with Crippen molar-refractivity contribution >= 4 is 28.7 Å². The number of rotatable bonds is 1. The second kappa shape index (κ2) is 4.13. The molecule has 2 fully saturated rings. The zero-order valence-corrected chi connectivity index (χ0v) is 9.75. The number of thioether (sulfide) groups is 2. The number of aliphatic imine (C=N–C) groups is 1. The molecule has 2 saturated heterocycles. The van der Waals surface area contributed by atoms with Crippen molar-refractivity contribution in [2.75, 3.05) is 11.5 Å². The Labute approximate surface area is 88.3 Å². The number of amidine groups is 1. The van der Waals surface area contributed by atoms with E-state index in [0.29, 0.717) is 17.3 Å². The molecule has 0 aromatic carbocycles. The van der Waals surface area contributed by atoms with Crippen LogP contribution in [0.5, 0.6) is 0 Å². The van der Waals surface area contributed by atoms with Crippen molar-refractivity contribution in [2.24, 2.45) is 4.99 Å². The molecule has 0 aromatic heterocycles. The third kappa shape index (κ3) is 2.34. The van der Waals surface area contributed by atoms with Gasteiger partial charge < -0.3 is 5.32 Å². The van der Waals surface area contributed by atoms with Crippen LogP contribution in [0.3, 0.4) is 0 Å². The molecule has 0 bridgehead atoms. The molecule has 0 saturated carbocycles. The van der Waals surface area contributed by atoms with E-state index < -0.39 is 0 Å². The van der Waals surface area contributed by atoms with Gasteiger partial charge in [0.25, 0.3) is 0 Å². The van der Waals surface area contributed by atoms with Gasteiger partial charge in [0.05, 0.1) is 6.04 Å².